The molecule has 1 aromatic rings. The maximum Gasteiger partial charge on any atom is 0.312 e. The largest absolute Gasteiger partial charge is 0.481 e. The molecule has 0 spiro atoms. The van der Waals surface area contributed by atoms with Gasteiger partial charge in [-0.25, -0.2) is 0 Å². The van der Waals surface area contributed by atoms with E-state index in [4.69, 9.17) is 5.11 Å². The van der Waals surface area contributed by atoms with E-state index in [0.717, 1.165) is 18.5 Å². The van der Waals surface area contributed by atoms with Gasteiger partial charge in [-0.2, -0.15) is 0 Å². The highest BCUT2D eigenvalue weighted by atomic mass is 16.4. The molecule has 0 saturated heterocycles. The molecule has 1 heterocycles. The second kappa shape index (κ2) is 3.12. The van der Waals surface area contributed by atoms with E-state index in [1.54, 1.807) is 12.4 Å². The SMILES string of the molecule is O=C(O)C1CCCc2nccnc21. The molecule has 0 bridgehead atoms. The number of aromatic nitrogens is 2. The summed E-state index contributed by atoms with van der Waals surface area (Å²) in [6.45, 7) is 0. The summed E-state index contributed by atoms with van der Waals surface area (Å²) in [5, 5.41) is 8.92. The van der Waals surface area contributed by atoms with Gasteiger partial charge >= 0.3 is 5.97 Å². The first-order chi connectivity index (χ1) is 6.29. The van der Waals surface area contributed by atoms with Crippen LogP contribution in [0.1, 0.15) is 30.1 Å². The van der Waals surface area contributed by atoms with Crippen molar-refractivity contribution in [3.63, 3.8) is 0 Å². The zero-order valence-electron chi connectivity index (χ0n) is 7.10. The second-order valence-corrected chi connectivity index (χ2v) is 3.17. The molecule has 1 unspecified atom stereocenters. The summed E-state index contributed by atoms with van der Waals surface area (Å²) in [6.07, 6.45) is 5.60. The van der Waals surface area contributed by atoms with Crippen LogP contribution in [0.15, 0.2) is 12.4 Å². The zero-order chi connectivity index (χ0) is 9.26. The maximum absolute atomic E-state index is 10.8. The third-order valence-electron chi connectivity index (χ3n) is 2.34. The maximum atomic E-state index is 10.8. The Bertz CT molecular complexity index is 338. The van der Waals surface area contributed by atoms with Crippen LogP contribution in [0.3, 0.4) is 0 Å². The summed E-state index contributed by atoms with van der Waals surface area (Å²) < 4.78 is 0. The number of hydrogen-bond acceptors (Lipinski definition) is 3. The molecule has 68 valence electrons. The van der Waals surface area contributed by atoms with E-state index in [1.165, 1.54) is 0 Å². The molecule has 13 heavy (non-hydrogen) atoms. The number of carboxylic acids is 1. The Balaban J connectivity index is 2.42. The van der Waals surface area contributed by atoms with Crippen LogP contribution in [0.2, 0.25) is 0 Å². The molecule has 1 N–H and O–H groups in total. The second-order valence-electron chi connectivity index (χ2n) is 3.17. The van der Waals surface area contributed by atoms with Gasteiger partial charge in [0.1, 0.15) is 5.92 Å². The lowest BCUT2D eigenvalue weighted by atomic mass is 9.89. The minimum absolute atomic E-state index is 0.447. The molecule has 4 nitrogen and oxygen atoms in total. The van der Waals surface area contributed by atoms with Gasteiger partial charge in [0.25, 0.3) is 0 Å². The number of aryl methyl sites for hydroxylation is 1. The molecule has 0 fully saturated rings. The number of carboxylic acid groups (broad SMARTS) is 1. The Morgan fingerprint density at radius 3 is 3.00 bits per heavy atom. The van der Waals surface area contributed by atoms with Gasteiger partial charge < -0.3 is 5.11 Å². The van der Waals surface area contributed by atoms with E-state index in [9.17, 15) is 4.79 Å². The van der Waals surface area contributed by atoms with Gasteiger partial charge in [-0.15, -0.1) is 0 Å². The van der Waals surface area contributed by atoms with Crippen LogP contribution in [-0.2, 0) is 11.2 Å². The third-order valence-corrected chi connectivity index (χ3v) is 2.34. The van der Waals surface area contributed by atoms with Crippen LogP contribution in [0, 0.1) is 0 Å². The summed E-state index contributed by atoms with van der Waals surface area (Å²) in [7, 11) is 0. The summed E-state index contributed by atoms with van der Waals surface area (Å²) in [5.74, 6) is -1.24. The molecule has 0 amide bonds. The van der Waals surface area contributed by atoms with Crippen molar-refractivity contribution in [3.8, 4) is 0 Å². The minimum atomic E-state index is -0.790. The van der Waals surface area contributed by atoms with Crippen molar-refractivity contribution in [2.24, 2.45) is 0 Å². The van der Waals surface area contributed by atoms with Gasteiger partial charge in [0, 0.05) is 12.4 Å². The highest BCUT2D eigenvalue weighted by Gasteiger charge is 2.27. The van der Waals surface area contributed by atoms with Gasteiger partial charge in [-0.05, 0) is 19.3 Å². The van der Waals surface area contributed by atoms with Gasteiger partial charge in [-0.1, -0.05) is 0 Å². The Hall–Kier alpha value is -1.45. The Kier molecular flexibility index (Phi) is 1.96. The van der Waals surface area contributed by atoms with E-state index in [1.807, 2.05) is 0 Å². The predicted octanol–water partition coefficient (Wildman–Crippen LogP) is 0.981. The van der Waals surface area contributed by atoms with Crippen molar-refractivity contribution in [3.05, 3.63) is 23.8 Å². The van der Waals surface area contributed by atoms with Crippen molar-refractivity contribution < 1.29 is 9.90 Å². The number of aliphatic carboxylic acids is 1. The predicted molar refractivity (Wildman–Crippen MR) is 45.3 cm³/mol. The zero-order valence-corrected chi connectivity index (χ0v) is 7.10. The molecule has 1 aliphatic carbocycles. The van der Waals surface area contributed by atoms with Crippen LogP contribution in [0.5, 0.6) is 0 Å². The molecular weight excluding hydrogens is 168 g/mol. The van der Waals surface area contributed by atoms with Crippen molar-refractivity contribution in [2.45, 2.75) is 25.2 Å². The number of fused-ring (bicyclic) bond motifs is 1. The Labute approximate surface area is 75.6 Å². The minimum Gasteiger partial charge on any atom is -0.481 e. The molecular formula is C9H10N2O2. The Morgan fingerprint density at radius 2 is 2.23 bits per heavy atom. The summed E-state index contributed by atoms with van der Waals surface area (Å²) in [5.41, 5.74) is 1.50. The smallest absolute Gasteiger partial charge is 0.312 e. The van der Waals surface area contributed by atoms with Gasteiger partial charge in [0.05, 0.1) is 11.4 Å². The first kappa shape index (κ1) is 8.16. The molecule has 0 radical (unpaired) electrons. The van der Waals surface area contributed by atoms with E-state index < -0.39 is 11.9 Å². The summed E-state index contributed by atoms with van der Waals surface area (Å²) in [4.78, 5) is 19.1. The highest BCUT2D eigenvalue weighted by Crippen LogP contribution is 2.28. The van der Waals surface area contributed by atoms with Gasteiger partial charge in [-0.3, -0.25) is 14.8 Å². The van der Waals surface area contributed by atoms with Crippen molar-refractivity contribution in [1.29, 1.82) is 0 Å². The fourth-order valence-electron chi connectivity index (χ4n) is 1.71. The lowest BCUT2D eigenvalue weighted by molar-refractivity contribution is -0.139. The molecule has 1 aromatic heterocycles. The van der Waals surface area contributed by atoms with Crippen LogP contribution < -0.4 is 0 Å². The summed E-state index contributed by atoms with van der Waals surface area (Å²) >= 11 is 0. The normalized spacial score (nSPS) is 20.8. The molecule has 4 heteroatoms. The lowest BCUT2D eigenvalue weighted by Crippen LogP contribution is -2.20. The molecule has 2 rings (SSSR count). The quantitative estimate of drug-likeness (QED) is 0.696. The molecule has 0 aliphatic heterocycles. The van der Waals surface area contributed by atoms with E-state index >= 15 is 0 Å². The average Bonchev–Trinajstić information content (AvgIpc) is 2.17. The number of carbonyl (C=O) groups is 1. The first-order valence-corrected chi connectivity index (χ1v) is 4.31. The Morgan fingerprint density at radius 1 is 1.46 bits per heavy atom. The van der Waals surface area contributed by atoms with E-state index in [2.05, 4.69) is 9.97 Å². The van der Waals surface area contributed by atoms with Gasteiger partial charge in [0.2, 0.25) is 0 Å². The van der Waals surface area contributed by atoms with Crippen LogP contribution in [0.4, 0.5) is 0 Å². The number of rotatable bonds is 1. The van der Waals surface area contributed by atoms with Gasteiger partial charge in [0.15, 0.2) is 0 Å². The first-order valence-electron chi connectivity index (χ1n) is 4.31. The van der Waals surface area contributed by atoms with Crippen LogP contribution in [0.25, 0.3) is 0 Å². The lowest BCUT2D eigenvalue weighted by Gasteiger charge is -2.19. The molecule has 0 saturated carbocycles. The fourth-order valence-corrected chi connectivity index (χ4v) is 1.71. The number of nitrogens with zero attached hydrogens (tertiary/aromatic N) is 2. The number of hydrogen-bond donors (Lipinski definition) is 1. The molecule has 0 aromatic carbocycles. The standard InChI is InChI=1S/C9H10N2O2/c12-9(13)6-2-1-3-7-8(6)11-5-4-10-7/h4-6H,1-3H2,(H,12,13). The van der Waals surface area contributed by atoms with Crippen LogP contribution >= 0.6 is 0 Å². The molecule has 1 atom stereocenters. The average molecular weight is 178 g/mol. The van der Waals surface area contributed by atoms with Crippen LogP contribution in [-0.4, -0.2) is 21.0 Å². The van der Waals surface area contributed by atoms with Crippen molar-refractivity contribution in [1.82, 2.24) is 9.97 Å². The highest BCUT2D eigenvalue weighted by molar-refractivity contribution is 5.76. The van der Waals surface area contributed by atoms with Crippen molar-refractivity contribution in [2.75, 3.05) is 0 Å². The topological polar surface area (TPSA) is 63.1 Å². The summed E-state index contributed by atoms with van der Waals surface area (Å²) in [6, 6.07) is 0. The van der Waals surface area contributed by atoms with E-state index in [-0.39, 0.29) is 0 Å². The fraction of sp³-hybridized carbons (Fsp3) is 0.444. The molecule has 1 aliphatic rings. The van der Waals surface area contributed by atoms with Crippen molar-refractivity contribution >= 4 is 5.97 Å². The van der Waals surface area contributed by atoms with E-state index in [0.29, 0.717) is 12.1 Å². The third kappa shape index (κ3) is 1.39. The monoisotopic (exact) mass is 178 g/mol.